The molecular formula is C21H16Cl2N2O2. The van der Waals surface area contributed by atoms with Gasteiger partial charge in [-0.1, -0.05) is 53.5 Å². The smallest absolute Gasteiger partial charge is 0.174 e. The number of pyridine rings is 1. The molecule has 3 rings (SSSR count). The number of nitrogens with one attached hydrogen (secondary N) is 1. The second-order valence-electron chi connectivity index (χ2n) is 6.01. The molecule has 2 aromatic carbocycles. The fourth-order valence-electron chi connectivity index (χ4n) is 2.83. The van der Waals surface area contributed by atoms with Gasteiger partial charge in [-0.3, -0.25) is 9.78 Å². The molecule has 0 saturated carbocycles. The molecule has 0 aliphatic rings. The number of hydrogen-bond acceptors (Lipinski definition) is 4. The lowest BCUT2D eigenvalue weighted by molar-refractivity contribution is 0.0793. The Balaban J connectivity index is 2.05. The zero-order valence-electron chi connectivity index (χ0n) is 14.1. The number of halogens is 2. The van der Waals surface area contributed by atoms with Crippen molar-refractivity contribution in [2.75, 3.05) is 0 Å². The van der Waals surface area contributed by atoms with Crippen molar-refractivity contribution in [2.24, 2.45) is 5.92 Å². The van der Waals surface area contributed by atoms with Gasteiger partial charge in [0, 0.05) is 28.0 Å². The van der Waals surface area contributed by atoms with Crippen LogP contribution in [0.25, 0.3) is 0 Å². The van der Waals surface area contributed by atoms with Crippen LogP contribution in [0.4, 0.5) is 0 Å². The average Bonchev–Trinajstić information content (AvgIpc) is 2.68. The number of aliphatic hydroxyl groups excluding tert-OH is 1. The number of ketones is 1. The van der Waals surface area contributed by atoms with Gasteiger partial charge in [-0.25, -0.2) is 0 Å². The van der Waals surface area contributed by atoms with Gasteiger partial charge in [0.05, 0.1) is 17.7 Å². The molecule has 1 heterocycles. The molecule has 0 aliphatic heterocycles. The second kappa shape index (κ2) is 8.44. The third-order valence-electron chi connectivity index (χ3n) is 4.18. The summed E-state index contributed by atoms with van der Waals surface area (Å²) in [5.74, 6) is -1.54. The van der Waals surface area contributed by atoms with E-state index in [0.29, 0.717) is 26.7 Å². The topological polar surface area (TPSA) is 74.0 Å². The number of nitrogens with zero attached hydrogens (tertiary/aromatic N) is 1. The highest BCUT2D eigenvalue weighted by atomic mass is 35.5. The Morgan fingerprint density at radius 3 is 2.19 bits per heavy atom. The van der Waals surface area contributed by atoms with Crippen molar-refractivity contribution in [2.45, 2.75) is 6.10 Å². The first-order valence-corrected chi connectivity index (χ1v) is 8.95. The van der Waals surface area contributed by atoms with Crippen molar-refractivity contribution < 1.29 is 9.90 Å². The monoisotopic (exact) mass is 398 g/mol. The van der Waals surface area contributed by atoms with Gasteiger partial charge in [-0.15, -0.1) is 0 Å². The normalized spacial score (nSPS) is 13.0. The van der Waals surface area contributed by atoms with Crippen molar-refractivity contribution >= 4 is 34.7 Å². The molecule has 2 unspecified atom stereocenters. The third kappa shape index (κ3) is 4.42. The van der Waals surface area contributed by atoms with Gasteiger partial charge in [0.15, 0.2) is 5.78 Å². The minimum atomic E-state index is -1.24. The fraction of sp³-hybridized carbons (Fsp3) is 0.0952. The lowest BCUT2D eigenvalue weighted by Crippen LogP contribution is -2.31. The largest absolute Gasteiger partial charge is 0.387 e. The molecule has 0 fully saturated rings. The number of rotatable bonds is 6. The summed E-state index contributed by atoms with van der Waals surface area (Å²) in [7, 11) is 0. The van der Waals surface area contributed by atoms with E-state index >= 15 is 0 Å². The SMILES string of the molecule is N=C(c1cccc(Cl)c1)C(C(=O)c1cccc(Cl)c1)C(O)c1cccnc1. The van der Waals surface area contributed by atoms with Gasteiger partial charge in [0.2, 0.25) is 0 Å². The maximum absolute atomic E-state index is 13.2. The average molecular weight is 399 g/mol. The fourth-order valence-corrected chi connectivity index (χ4v) is 3.21. The minimum Gasteiger partial charge on any atom is -0.387 e. The number of aliphatic hydroxyl groups is 1. The Kier molecular flexibility index (Phi) is 6.01. The second-order valence-corrected chi connectivity index (χ2v) is 6.88. The van der Waals surface area contributed by atoms with Gasteiger partial charge in [0.1, 0.15) is 0 Å². The molecule has 0 amide bonds. The third-order valence-corrected chi connectivity index (χ3v) is 4.65. The van der Waals surface area contributed by atoms with Crippen LogP contribution in [0, 0.1) is 11.3 Å². The minimum absolute atomic E-state index is 0.0289. The molecular weight excluding hydrogens is 383 g/mol. The highest BCUT2D eigenvalue weighted by Crippen LogP contribution is 2.29. The molecule has 0 radical (unpaired) electrons. The zero-order chi connectivity index (χ0) is 19.4. The van der Waals surface area contributed by atoms with Gasteiger partial charge in [-0.05, 0) is 41.5 Å². The molecule has 6 heteroatoms. The van der Waals surface area contributed by atoms with Crippen molar-refractivity contribution in [1.29, 1.82) is 5.41 Å². The first-order valence-electron chi connectivity index (χ1n) is 8.19. The van der Waals surface area contributed by atoms with E-state index in [2.05, 4.69) is 4.98 Å². The van der Waals surface area contributed by atoms with Crippen molar-refractivity contribution in [3.8, 4) is 0 Å². The van der Waals surface area contributed by atoms with Crippen molar-refractivity contribution in [3.63, 3.8) is 0 Å². The number of Topliss-reactive ketones (excluding diaryl/α,β-unsaturated/α-hetero) is 1. The maximum atomic E-state index is 13.2. The number of hydrogen-bond donors (Lipinski definition) is 2. The summed E-state index contributed by atoms with van der Waals surface area (Å²) in [5, 5.41) is 20.4. The van der Waals surface area contributed by atoms with Crippen LogP contribution in [0.15, 0.2) is 73.1 Å². The van der Waals surface area contributed by atoms with Crippen LogP contribution >= 0.6 is 23.2 Å². The molecule has 3 aromatic rings. The first-order chi connectivity index (χ1) is 13.0. The molecule has 2 N–H and O–H groups in total. The summed E-state index contributed by atoms with van der Waals surface area (Å²) in [5.41, 5.74) is 1.21. The van der Waals surface area contributed by atoms with E-state index in [1.54, 1.807) is 60.8 Å². The van der Waals surface area contributed by atoms with Crippen LogP contribution in [0.1, 0.15) is 27.6 Å². The Morgan fingerprint density at radius 1 is 0.963 bits per heavy atom. The van der Waals surface area contributed by atoms with E-state index in [1.165, 1.54) is 12.3 Å². The molecule has 27 heavy (non-hydrogen) atoms. The maximum Gasteiger partial charge on any atom is 0.174 e. The van der Waals surface area contributed by atoms with Crippen LogP contribution in [0.2, 0.25) is 10.0 Å². The zero-order valence-corrected chi connectivity index (χ0v) is 15.7. The Morgan fingerprint density at radius 2 is 1.59 bits per heavy atom. The predicted molar refractivity (Wildman–Crippen MR) is 107 cm³/mol. The molecule has 0 saturated heterocycles. The molecule has 0 bridgehead atoms. The van der Waals surface area contributed by atoms with Crippen LogP contribution < -0.4 is 0 Å². The number of carbonyl (C=O) groups excluding carboxylic acids is 1. The van der Waals surface area contributed by atoms with E-state index < -0.39 is 17.8 Å². The van der Waals surface area contributed by atoms with Crippen molar-refractivity contribution in [3.05, 3.63) is 99.8 Å². The highest BCUT2D eigenvalue weighted by Gasteiger charge is 2.33. The van der Waals surface area contributed by atoms with Crippen molar-refractivity contribution in [1.82, 2.24) is 4.98 Å². The van der Waals surface area contributed by atoms with E-state index in [1.807, 2.05) is 0 Å². The van der Waals surface area contributed by atoms with E-state index in [9.17, 15) is 9.90 Å². The molecule has 136 valence electrons. The van der Waals surface area contributed by atoms with Gasteiger partial charge < -0.3 is 10.5 Å². The van der Waals surface area contributed by atoms with E-state index in [0.717, 1.165) is 0 Å². The number of aromatic nitrogens is 1. The van der Waals surface area contributed by atoms with Gasteiger partial charge >= 0.3 is 0 Å². The van der Waals surface area contributed by atoms with Crippen LogP contribution in [-0.2, 0) is 0 Å². The van der Waals surface area contributed by atoms with Crippen LogP contribution in [0.5, 0.6) is 0 Å². The molecule has 2 atom stereocenters. The molecule has 0 spiro atoms. The lowest BCUT2D eigenvalue weighted by Gasteiger charge is -2.23. The Bertz CT molecular complexity index is 919. The predicted octanol–water partition coefficient (Wildman–Crippen LogP) is 4.99. The van der Waals surface area contributed by atoms with Gasteiger partial charge in [-0.2, -0.15) is 0 Å². The molecule has 4 nitrogen and oxygen atoms in total. The summed E-state index contributed by atoms with van der Waals surface area (Å²) in [6.45, 7) is 0. The summed E-state index contributed by atoms with van der Waals surface area (Å²) in [6.07, 6.45) is 1.82. The first kappa shape index (κ1) is 19.2. The lowest BCUT2D eigenvalue weighted by atomic mass is 9.83. The summed E-state index contributed by atoms with van der Waals surface area (Å²) in [4.78, 5) is 17.2. The van der Waals surface area contributed by atoms with E-state index in [4.69, 9.17) is 28.6 Å². The Hall–Kier alpha value is -2.53. The molecule has 0 aliphatic carbocycles. The summed E-state index contributed by atoms with van der Waals surface area (Å²) >= 11 is 12.0. The quantitative estimate of drug-likeness (QED) is 0.453. The highest BCUT2D eigenvalue weighted by molar-refractivity contribution is 6.32. The number of benzene rings is 2. The van der Waals surface area contributed by atoms with Gasteiger partial charge in [0.25, 0.3) is 0 Å². The number of carbonyl (C=O) groups is 1. The molecule has 1 aromatic heterocycles. The standard InChI is InChI=1S/C21H16Cl2N2O2/c22-16-7-1-4-13(10-16)19(24)18(21(27)15-6-3-9-25-12-15)20(26)14-5-2-8-17(23)11-14/h1-12,18,21,24,27H. The summed E-state index contributed by atoms with van der Waals surface area (Å²) < 4.78 is 0. The summed E-state index contributed by atoms with van der Waals surface area (Å²) in [6, 6.07) is 16.5. The Labute approximate surface area is 166 Å². The van der Waals surface area contributed by atoms with Crippen LogP contribution in [-0.4, -0.2) is 21.6 Å². The van der Waals surface area contributed by atoms with E-state index in [-0.39, 0.29) is 5.71 Å². The van der Waals surface area contributed by atoms with Crippen LogP contribution in [0.3, 0.4) is 0 Å².